The van der Waals surface area contributed by atoms with Crippen LogP contribution in [0.4, 0.5) is 26.3 Å². The van der Waals surface area contributed by atoms with Crippen molar-refractivity contribution < 1.29 is 49.5 Å². The Labute approximate surface area is 281 Å². The van der Waals surface area contributed by atoms with Gasteiger partial charge in [-0.3, -0.25) is 9.48 Å². The van der Waals surface area contributed by atoms with Crippen LogP contribution in [0.25, 0.3) is 10.9 Å². The summed E-state index contributed by atoms with van der Waals surface area (Å²) in [6.45, 7) is -0.410. The normalized spacial score (nSPS) is 17.0. The summed E-state index contributed by atoms with van der Waals surface area (Å²) in [7, 11) is -5.37. The average Bonchev–Trinajstić information content (AvgIpc) is 3.82. The quantitative estimate of drug-likeness (QED) is 0.156. The number of nitrogens with two attached hydrogens (primary N) is 1. The maximum Gasteiger partial charge on any atom is 0.511 e. The largest absolute Gasteiger partial charge is 0.511 e. The van der Waals surface area contributed by atoms with Crippen molar-refractivity contribution in [2.75, 3.05) is 13.1 Å². The van der Waals surface area contributed by atoms with Gasteiger partial charge >= 0.3 is 27.7 Å². The highest BCUT2D eigenvalue weighted by Gasteiger charge is 2.50. The van der Waals surface area contributed by atoms with E-state index in [9.17, 15) is 39.6 Å². The lowest BCUT2D eigenvalue weighted by molar-refractivity contribution is -0.192. The van der Waals surface area contributed by atoms with Gasteiger partial charge in [0.25, 0.3) is 0 Å². The molecule has 9 nitrogen and oxygen atoms in total. The lowest BCUT2D eigenvalue weighted by Crippen LogP contribution is -2.44. The van der Waals surface area contributed by atoms with Crippen LogP contribution in [0.5, 0.6) is 0 Å². The molecule has 1 amide bonds. The Balaban J connectivity index is 0.000000606. The van der Waals surface area contributed by atoms with Crippen molar-refractivity contribution in [1.82, 2.24) is 14.1 Å². The topological polar surface area (TPSA) is 136 Å². The Bertz CT molecular complexity index is 1950. The van der Waals surface area contributed by atoms with E-state index in [1.807, 2.05) is 53.2 Å². The van der Waals surface area contributed by atoms with E-state index < -0.39 is 33.6 Å². The van der Waals surface area contributed by atoms with Crippen molar-refractivity contribution in [3.05, 3.63) is 99.7 Å². The van der Waals surface area contributed by atoms with Gasteiger partial charge in [0.2, 0.25) is 5.91 Å². The number of benzene rings is 3. The predicted molar refractivity (Wildman–Crippen MR) is 168 cm³/mol. The van der Waals surface area contributed by atoms with Crippen molar-refractivity contribution in [3.63, 3.8) is 0 Å². The van der Waals surface area contributed by atoms with Crippen molar-refractivity contribution in [1.29, 1.82) is 0 Å². The van der Waals surface area contributed by atoms with Gasteiger partial charge in [-0.05, 0) is 78.8 Å². The molecule has 1 saturated carbocycles. The minimum atomic E-state index is -5.37. The third kappa shape index (κ3) is 7.86. The Hall–Kier alpha value is -4.15. The molecule has 1 saturated heterocycles. The van der Waals surface area contributed by atoms with Crippen LogP contribution in [0.15, 0.2) is 66.7 Å². The summed E-state index contributed by atoms with van der Waals surface area (Å²) in [5, 5.41) is 13.5. The van der Waals surface area contributed by atoms with Crippen LogP contribution in [0.2, 0.25) is 5.02 Å². The summed E-state index contributed by atoms with van der Waals surface area (Å²) in [4.78, 5) is 20.6. The van der Waals surface area contributed by atoms with Gasteiger partial charge in [-0.25, -0.2) is 13.2 Å². The molecule has 262 valence electrons. The smallest absolute Gasteiger partial charge is 0.475 e. The highest BCUT2D eigenvalue weighted by Crippen LogP contribution is 2.44. The van der Waals surface area contributed by atoms with E-state index in [0.29, 0.717) is 14.9 Å². The fourth-order valence-electron chi connectivity index (χ4n) is 5.91. The Morgan fingerprint density at radius 1 is 0.857 bits per heavy atom. The molecule has 0 spiro atoms. The fourth-order valence-corrected chi connectivity index (χ4v) is 7.02. The molecule has 1 atom stereocenters. The number of nitrogens with zero attached hydrogens (tertiary/aromatic N) is 3. The standard InChI is InChI=1S/C30H28ClF3N4O3S.C2HF3O2/c31-23-8-5-19(6-9-23)27(18-1-3-21(4-2-18)29(35)39)22-7-12-26-25(17-22)28(38(36-26)24-10-11-24)20-13-15-37(16-14-20)42(40,41)30(32,33)34;3-2(4,5)1(6)7/h1-9,12,17,20,24,27H,10-11,13-16H2,(H2,35,39);(H,6,7). The van der Waals surface area contributed by atoms with E-state index in [1.54, 1.807) is 12.1 Å². The van der Waals surface area contributed by atoms with Crippen molar-refractivity contribution in [3.8, 4) is 0 Å². The molecule has 1 aliphatic heterocycles. The number of fused-ring (bicyclic) bond motifs is 1. The third-order valence-electron chi connectivity index (χ3n) is 8.43. The summed E-state index contributed by atoms with van der Waals surface area (Å²) in [6.07, 6.45) is -2.62. The first-order chi connectivity index (χ1) is 22.9. The number of amides is 1. The number of carboxylic acid groups (broad SMARTS) is 1. The number of hydrogen-bond donors (Lipinski definition) is 2. The summed E-state index contributed by atoms with van der Waals surface area (Å²) >= 11 is 6.18. The molecular formula is C32H29ClF6N4O5S. The first-order valence-corrected chi connectivity index (χ1v) is 16.7. The lowest BCUT2D eigenvalue weighted by atomic mass is 9.83. The zero-order chi connectivity index (χ0) is 35.9. The second-order valence-corrected chi connectivity index (χ2v) is 14.1. The Kier molecular flexibility index (Phi) is 10.1. The minimum Gasteiger partial charge on any atom is -0.475 e. The lowest BCUT2D eigenvalue weighted by Gasteiger charge is -2.32. The molecule has 1 aromatic heterocycles. The SMILES string of the molecule is NC(=O)c1ccc(C(c2ccc(Cl)cc2)c2ccc3nn(C4CC4)c(C4CCN(S(=O)(=O)C(F)(F)F)CC4)c3c2)cc1.O=C(O)C(F)(F)F. The number of carbonyl (C=O) groups excluding carboxylic acids is 1. The number of sulfonamides is 1. The molecule has 6 rings (SSSR count). The molecule has 0 bridgehead atoms. The van der Waals surface area contributed by atoms with E-state index in [-0.39, 0.29) is 43.8 Å². The highest BCUT2D eigenvalue weighted by atomic mass is 35.5. The fraction of sp³-hybridized carbons (Fsp3) is 0.344. The van der Waals surface area contributed by atoms with Crippen LogP contribution >= 0.6 is 11.6 Å². The molecule has 0 radical (unpaired) electrons. The van der Waals surface area contributed by atoms with Crippen LogP contribution in [0, 0.1) is 0 Å². The first-order valence-electron chi connectivity index (χ1n) is 14.9. The van der Waals surface area contributed by atoms with Gasteiger partial charge in [0.1, 0.15) is 0 Å². The third-order valence-corrected chi connectivity index (χ3v) is 10.3. The van der Waals surface area contributed by atoms with Crippen LogP contribution in [-0.2, 0) is 14.8 Å². The van der Waals surface area contributed by atoms with Gasteiger partial charge in [0, 0.05) is 46.6 Å². The number of rotatable bonds is 7. The monoisotopic (exact) mass is 730 g/mol. The van der Waals surface area contributed by atoms with Gasteiger partial charge in [0.15, 0.2) is 0 Å². The van der Waals surface area contributed by atoms with E-state index in [1.165, 1.54) is 0 Å². The highest BCUT2D eigenvalue weighted by molar-refractivity contribution is 7.90. The number of piperidine rings is 1. The van der Waals surface area contributed by atoms with E-state index in [0.717, 1.165) is 46.1 Å². The number of alkyl halides is 6. The molecule has 3 N–H and O–H groups in total. The molecule has 2 fully saturated rings. The van der Waals surface area contributed by atoms with Crippen molar-refractivity contribution >= 4 is 44.4 Å². The molecule has 4 aromatic rings. The van der Waals surface area contributed by atoms with E-state index in [2.05, 4.69) is 6.07 Å². The van der Waals surface area contributed by atoms with Gasteiger partial charge in [-0.2, -0.15) is 35.7 Å². The zero-order valence-electron chi connectivity index (χ0n) is 25.4. The molecule has 1 unspecified atom stereocenters. The molecule has 49 heavy (non-hydrogen) atoms. The van der Waals surface area contributed by atoms with Gasteiger partial charge in [-0.15, -0.1) is 0 Å². The van der Waals surface area contributed by atoms with Crippen molar-refractivity contribution in [2.24, 2.45) is 5.73 Å². The molecule has 1 aliphatic carbocycles. The van der Waals surface area contributed by atoms with Gasteiger partial charge < -0.3 is 10.8 Å². The summed E-state index contributed by atoms with van der Waals surface area (Å²) in [6, 6.07) is 20.9. The Morgan fingerprint density at radius 2 is 1.37 bits per heavy atom. The molecule has 2 aliphatic rings. The summed E-state index contributed by atoms with van der Waals surface area (Å²) < 4.78 is 97.9. The second-order valence-electron chi connectivity index (χ2n) is 11.7. The number of aromatic nitrogens is 2. The molecule has 3 aromatic carbocycles. The number of hydrogen-bond acceptors (Lipinski definition) is 5. The maximum absolute atomic E-state index is 13.2. The van der Waals surface area contributed by atoms with E-state index >= 15 is 0 Å². The zero-order valence-corrected chi connectivity index (χ0v) is 27.0. The number of carbonyl (C=O) groups is 2. The Morgan fingerprint density at radius 3 is 1.84 bits per heavy atom. The molecular weight excluding hydrogens is 702 g/mol. The van der Waals surface area contributed by atoms with Crippen LogP contribution < -0.4 is 5.73 Å². The summed E-state index contributed by atoms with van der Waals surface area (Å²) in [5.74, 6) is -3.64. The second kappa shape index (κ2) is 13.6. The first kappa shape index (κ1) is 36.1. The minimum absolute atomic E-state index is 0.144. The maximum atomic E-state index is 13.2. The van der Waals surface area contributed by atoms with Crippen LogP contribution in [-0.4, -0.2) is 64.3 Å². The molecule has 2 heterocycles. The number of halogens is 7. The number of aliphatic carboxylic acids is 1. The van der Waals surface area contributed by atoms with E-state index in [4.69, 9.17) is 32.3 Å². The molecule has 17 heteroatoms. The summed E-state index contributed by atoms with van der Waals surface area (Å²) in [5.41, 5.74) is 5.14. The number of primary amides is 1. The van der Waals surface area contributed by atoms with Crippen LogP contribution in [0.3, 0.4) is 0 Å². The predicted octanol–water partition coefficient (Wildman–Crippen LogP) is 6.97. The number of carboxylic acids is 1. The van der Waals surface area contributed by atoms with Crippen LogP contribution in [0.1, 0.15) is 76.3 Å². The van der Waals surface area contributed by atoms with Crippen molar-refractivity contribution in [2.45, 2.75) is 55.2 Å². The van der Waals surface area contributed by atoms with Gasteiger partial charge in [0.05, 0.1) is 11.6 Å². The van der Waals surface area contributed by atoms with Gasteiger partial charge in [-0.1, -0.05) is 41.9 Å². The average molecular weight is 731 g/mol.